The van der Waals surface area contributed by atoms with Gasteiger partial charge in [0, 0.05) is 19.3 Å². The van der Waals surface area contributed by atoms with Crippen LogP contribution in [0.2, 0.25) is 5.02 Å². The van der Waals surface area contributed by atoms with E-state index in [1.807, 2.05) is 13.8 Å². The lowest BCUT2D eigenvalue weighted by Gasteiger charge is -2.06. The Labute approximate surface area is 130 Å². The average Bonchev–Trinajstić information content (AvgIpc) is 2.99. The number of amides is 1. The topological polar surface area (TPSA) is 64.7 Å². The van der Waals surface area contributed by atoms with Crippen LogP contribution in [0.3, 0.4) is 0 Å². The molecule has 0 saturated heterocycles. The third-order valence-electron chi connectivity index (χ3n) is 2.87. The Balaban J connectivity index is 2.08. The molecule has 1 amide bonds. The summed E-state index contributed by atoms with van der Waals surface area (Å²) in [5.74, 6) is -0.246. The molecule has 0 atom stereocenters. The molecule has 2 rings (SSSR count). The lowest BCUT2D eigenvalue weighted by Crippen LogP contribution is -2.25. The maximum absolute atomic E-state index is 12.1. The second-order valence-electron chi connectivity index (χ2n) is 4.12. The van der Waals surface area contributed by atoms with Crippen LogP contribution in [0.4, 0.5) is 0 Å². The Morgan fingerprint density at radius 1 is 1.45 bits per heavy atom. The molecule has 2 aromatic rings. The number of hydrogen-bond donors (Lipinski definition) is 1. The molecular formula is C12H15BrClN5O. The Kier molecular flexibility index (Phi) is 4.82. The van der Waals surface area contributed by atoms with Crippen molar-refractivity contribution < 1.29 is 4.79 Å². The first-order valence-electron chi connectivity index (χ1n) is 6.28. The van der Waals surface area contributed by atoms with Crippen LogP contribution in [0.25, 0.3) is 0 Å². The average molecular weight is 361 g/mol. The Morgan fingerprint density at radius 3 is 2.80 bits per heavy atom. The second kappa shape index (κ2) is 6.41. The van der Waals surface area contributed by atoms with Gasteiger partial charge in [-0.15, -0.1) is 0 Å². The monoisotopic (exact) mass is 359 g/mol. The summed E-state index contributed by atoms with van der Waals surface area (Å²) in [5, 5.41) is 11.7. The van der Waals surface area contributed by atoms with E-state index in [1.54, 1.807) is 21.8 Å². The van der Waals surface area contributed by atoms with E-state index >= 15 is 0 Å². The molecule has 0 radical (unpaired) electrons. The van der Waals surface area contributed by atoms with Gasteiger partial charge in [0.15, 0.2) is 5.69 Å². The number of nitrogens with one attached hydrogen (secondary N) is 1. The Bertz CT molecular complexity index is 621. The summed E-state index contributed by atoms with van der Waals surface area (Å²) in [4.78, 5) is 12.1. The molecule has 20 heavy (non-hydrogen) atoms. The number of aromatic nitrogens is 4. The molecule has 0 bridgehead atoms. The summed E-state index contributed by atoms with van der Waals surface area (Å²) >= 11 is 9.38. The van der Waals surface area contributed by atoms with Crippen molar-refractivity contribution in [2.24, 2.45) is 0 Å². The molecule has 1 N–H and O–H groups in total. The van der Waals surface area contributed by atoms with E-state index in [1.165, 1.54) is 0 Å². The molecule has 2 aromatic heterocycles. The molecule has 0 aliphatic heterocycles. The van der Waals surface area contributed by atoms with Crippen molar-refractivity contribution in [2.75, 3.05) is 0 Å². The van der Waals surface area contributed by atoms with Gasteiger partial charge in [0.1, 0.15) is 0 Å². The Morgan fingerprint density at radius 2 is 2.20 bits per heavy atom. The van der Waals surface area contributed by atoms with Crippen LogP contribution < -0.4 is 5.32 Å². The minimum absolute atomic E-state index is 0.246. The van der Waals surface area contributed by atoms with E-state index in [4.69, 9.17) is 11.6 Å². The predicted molar refractivity (Wildman–Crippen MR) is 79.7 cm³/mol. The van der Waals surface area contributed by atoms with Gasteiger partial charge in [-0.2, -0.15) is 10.2 Å². The number of rotatable bonds is 5. The summed E-state index contributed by atoms with van der Waals surface area (Å²) < 4.78 is 4.12. The summed E-state index contributed by atoms with van der Waals surface area (Å²) in [5.41, 5.74) is 1.15. The van der Waals surface area contributed by atoms with E-state index in [9.17, 15) is 4.79 Å². The first-order valence-corrected chi connectivity index (χ1v) is 7.45. The van der Waals surface area contributed by atoms with E-state index < -0.39 is 0 Å². The molecule has 8 heteroatoms. The van der Waals surface area contributed by atoms with Crippen LogP contribution in [0.15, 0.2) is 16.9 Å². The van der Waals surface area contributed by atoms with Crippen LogP contribution in [-0.4, -0.2) is 25.5 Å². The van der Waals surface area contributed by atoms with Gasteiger partial charge >= 0.3 is 0 Å². The van der Waals surface area contributed by atoms with Gasteiger partial charge in [0.25, 0.3) is 5.91 Å². The van der Waals surface area contributed by atoms with Crippen LogP contribution in [-0.2, 0) is 19.6 Å². The zero-order valence-corrected chi connectivity index (χ0v) is 13.6. The molecular weight excluding hydrogens is 346 g/mol. The molecule has 0 fully saturated rings. The zero-order valence-electron chi connectivity index (χ0n) is 11.2. The van der Waals surface area contributed by atoms with Gasteiger partial charge in [0.05, 0.1) is 27.9 Å². The van der Waals surface area contributed by atoms with Crippen LogP contribution >= 0.6 is 27.5 Å². The fourth-order valence-electron chi connectivity index (χ4n) is 1.80. The molecule has 108 valence electrons. The minimum atomic E-state index is -0.246. The standard InChI is InChI=1S/C12H15BrClN5O/c1-3-18-7-8(13)11(17-18)12(20)15-6-10-9(14)5-16-19(10)4-2/h5,7H,3-4,6H2,1-2H3,(H,15,20). The molecule has 6 nitrogen and oxygen atoms in total. The largest absolute Gasteiger partial charge is 0.345 e. The fourth-order valence-corrected chi connectivity index (χ4v) is 2.50. The minimum Gasteiger partial charge on any atom is -0.345 e. The highest BCUT2D eigenvalue weighted by molar-refractivity contribution is 9.10. The van der Waals surface area contributed by atoms with Gasteiger partial charge in [-0.3, -0.25) is 14.2 Å². The summed E-state index contributed by atoms with van der Waals surface area (Å²) in [6.07, 6.45) is 3.35. The SMILES string of the molecule is CCn1cc(Br)c(C(=O)NCc2c(Cl)cnn2CC)n1. The van der Waals surface area contributed by atoms with E-state index in [-0.39, 0.29) is 5.91 Å². The maximum atomic E-state index is 12.1. The van der Waals surface area contributed by atoms with Crippen molar-refractivity contribution in [2.45, 2.75) is 33.5 Å². The predicted octanol–water partition coefficient (Wildman–Crippen LogP) is 2.47. The van der Waals surface area contributed by atoms with Crippen molar-refractivity contribution in [3.8, 4) is 0 Å². The second-order valence-corrected chi connectivity index (χ2v) is 5.38. The zero-order chi connectivity index (χ0) is 14.7. The molecule has 0 aliphatic rings. The number of carbonyl (C=O) groups is 1. The number of aryl methyl sites for hydroxylation is 2. The molecule has 0 aromatic carbocycles. The number of nitrogens with zero attached hydrogens (tertiary/aromatic N) is 4. The van der Waals surface area contributed by atoms with Crippen molar-refractivity contribution in [3.63, 3.8) is 0 Å². The normalized spacial score (nSPS) is 10.8. The maximum Gasteiger partial charge on any atom is 0.273 e. The third-order valence-corrected chi connectivity index (χ3v) is 3.77. The lowest BCUT2D eigenvalue weighted by atomic mass is 10.3. The van der Waals surface area contributed by atoms with Crippen molar-refractivity contribution in [3.05, 3.63) is 33.3 Å². The Hall–Kier alpha value is -1.34. The van der Waals surface area contributed by atoms with Gasteiger partial charge < -0.3 is 5.32 Å². The third kappa shape index (κ3) is 3.04. The van der Waals surface area contributed by atoms with Gasteiger partial charge in [-0.1, -0.05) is 11.6 Å². The summed E-state index contributed by atoms with van der Waals surface area (Å²) in [6, 6.07) is 0. The number of carbonyl (C=O) groups excluding carboxylic acids is 1. The van der Waals surface area contributed by atoms with Crippen molar-refractivity contribution in [1.29, 1.82) is 0 Å². The first-order chi connectivity index (χ1) is 9.56. The first kappa shape index (κ1) is 15.1. The van der Waals surface area contributed by atoms with E-state index in [2.05, 4.69) is 31.4 Å². The van der Waals surface area contributed by atoms with Gasteiger partial charge in [0.2, 0.25) is 0 Å². The fraction of sp³-hybridized carbons (Fsp3) is 0.417. The molecule has 0 spiro atoms. The number of halogens is 2. The van der Waals surface area contributed by atoms with Crippen molar-refractivity contribution in [1.82, 2.24) is 24.9 Å². The van der Waals surface area contributed by atoms with E-state index in [0.717, 1.165) is 5.69 Å². The molecule has 0 aliphatic carbocycles. The van der Waals surface area contributed by atoms with E-state index in [0.29, 0.717) is 34.8 Å². The molecule has 2 heterocycles. The highest BCUT2D eigenvalue weighted by Gasteiger charge is 2.16. The lowest BCUT2D eigenvalue weighted by molar-refractivity contribution is 0.0943. The highest BCUT2D eigenvalue weighted by atomic mass is 79.9. The summed E-state index contributed by atoms with van der Waals surface area (Å²) in [6.45, 7) is 5.65. The van der Waals surface area contributed by atoms with Crippen LogP contribution in [0, 0.1) is 0 Å². The van der Waals surface area contributed by atoms with Gasteiger partial charge in [-0.05, 0) is 29.8 Å². The van der Waals surface area contributed by atoms with Crippen LogP contribution in [0.5, 0.6) is 0 Å². The number of hydrogen-bond acceptors (Lipinski definition) is 3. The van der Waals surface area contributed by atoms with Gasteiger partial charge in [-0.25, -0.2) is 0 Å². The smallest absolute Gasteiger partial charge is 0.273 e. The highest BCUT2D eigenvalue weighted by Crippen LogP contribution is 2.17. The molecule has 0 saturated carbocycles. The molecule has 0 unspecified atom stereocenters. The summed E-state index contributed by atoms with van der Waals surface area (Å²) in [7, 11) is 0. The van der Waals surface area contributed by atoms with Crippen molar-refractivity contribution >= 4 is 33.4 Å². The quantitative estimate of drug-likeness (QED) is 0.891. The van der Waals surface area contributed by atoms with Crippen LogP contribution in [0.1, 0.15) is 30.0 Å².